The second-order valence-corrected chi connectivity index (χ2v) is 4.20. The lowest BCUT2D eigenvalue weighted by Gasteiger charge is -2.29. The number of nitro benzene ring substituents is 1. The highest BCUT2D eigenvalue weighted by atomic mass is 16.6. The van der Waals surface area contributed by atoms with Gasteiger partial charge in [-0.3, -0.25) is 19.7 Å². The molecule has 0 bridgehead atoms. The highest BCUT2D eigenvalue weighted by Gasteiger charge is 2.26. The normalized spacial score (nSPS) is 13.3. The van der Waals surface area contributed by atoms with E-state index >= 15 is 0 Å². The molecule has 106 valence electrons. The number of benzene rings is 1. The summed E-state index contributed by atoms with van der Waals surface area (Å²) in [6, 6.07) is 3.99. The average molecular weight is 280 g/mol. The van der Waals surface area contributed by atoms with Crippen LogP contribution in [0.25, 0.3) is 0 Å². The highest BCUT2D eigenvalue weighted by molar-refractivity contribution is 5.96. The molecule has 0 saturated heterocycles. The predicted molar refractivity (Wildman–Crippen MR) is 67.8 cm³/mol. The first-order valence-electron chi connectivity index (χ1n) is 5.92. The minimum absolute atomic E-state index is 0.148. The van der Waals surface area contributed by atoms with E-state index in [0.29, 0.717) is 11.4 Å². The third-order valence-electron chi connectivity index (χ3n) is 2.87. The topological polar surface area (TPSA) is 110 Å². The van der Waals surface area contributed by atoms with Crippen molar-refractivity contribution in [2.45, 2.75) is 12.8 Å². The number of carbonyl (C=O) groups excluding carboxylic acids is 1. The monoisotopic (exact) mass is 280 g/mol. The average Bonchev–Trinajstić information content (AvgIpc) is 2.43. The van der Waals surface area contributed by atoms with Crippen molar-refractivity contribution >= 4 is 23.3 Å². The van der Waals surface area contributed by atoms with Gasteiger partial charge in [-0.2, -0.15) is 0 Å². The Labute approximate surface area is 113 Å². The van der Waals surface area contributed by atoms with Gasteiger partial charge in [0, 0.05) is 18.6 Å². The van der Waals surface area contributed by atoms with Crippen molar-refractivity contribution in [1.82, 2.24) is 0 Å². The number of amides is 1. The number of rotatable bonds is 4. The molecular formula is C12H12N2O6. The summed E-state index contributed by atoms with van der Waals surface area (Å²) in [6.45, 7) is 0.510. The van der Waals surface area contributed by atoms with Gasteiger partial charge in [0.2, 0.25) is 5.91 Å². The first-order chi connectivity index (χ1) is 9.49. The highest BCUT2D eigenvalue weighted by Crippen LogP contribution is 2.35. The molecule has 0 saturated carbocycles. The third kappa shape index (κ3) is 2.85. The lowest BCUT2D eigenvalue weighted by molar-refractivity contribution is -0.384. The zero-order valence-corrected chi connectivity index (χ0v) is 10.4. The number of hydrogen-bond acceptors (Lipinski definition) is 5. The van der Waals surface area contributed by atoms with Crippen molar-refractivity contribution in [3.8, 4) is 5.75 Å². The Morgan fingerprint density at radius 3 is 2.80 bits per heavy atom. The molecule has 1 aliphatic rings. The van der Waals surface area contributed by atoms with Crippen LogP contribution < -0.4 is 9.64 Å². The summed E-state index contributed by atoms with van der Waals surface area (Å²) in [4.78, 5) is 34.0. The van der Waals surface area contributed by atoms with Crippen molar-refractivity contribution in [2.75, 3.05) is 18.1 Å². The van der Waals surface area contributed by atoms with Crippen LogP contribution in [-0.2, 0) is 9.59 Å². The van der Waals surface area contributed by atoms with Crippen LogP contribution in [0.15, 0.2) is 18.2 Å². The molecule has 2 rings (SSSR count). The van der Waals surface area contributed by atoms with Crippen LogP contribution in [0.4, 0.5) is 11.4 Å². The molecule has 0 unspecified atom stereocenters. The predicted octanol–water partition coefficient (Wildman–Crippen LogP) is 1.18. The summed E-state index contributed by atoms with van der Waals surface area (Å²) in [5.74, 6) is -1.08. The number of fused-ring (bicyclic) bond motifs is 1. The van der Waals surface area contributed by atoms with E-state index in [0.717, 1.165) is 0 Å². The van der Waals surface area contributed by atoms with Gasteiger partial charge in [-0.15, -0.1) is 0 Å². The smallest absolute Gasteiger partial charge is 0.303 e. The van der Waals surface area contributed by atoms with Gasteiger partial charge in [0.15, 0.2) is 0 Å². The molecule has 0 spiro atoms. The van der Waals surface area contributed by atoms with Crippen molar-refractivity contribution < 1.29 is 24.4 Å². The molecule has 0 radical (unpaired) electrons. The summed E-state index contributed by atoms with van der Waals surface area (Å²) in [5.41, 5.74) is 0.158. The summed E-state index contributed by atoms with van der Waals surface area (Å²) in [6.07, 6.45) is -0.433. The van der Waals surface area contributed by atoms with Crippen LogP contribution in [0.1, 0.15) is 12.8 Å². The maximum atomic E-state index is 12.0. The Morgan fingerprint density at radius 2 is 2.15 bits per heavy atom. The Bertz CT molecular complexity index is 571. The molecule has 1 amide bonds. The second kappa shape index (κ2) is 5.55. The van der Waals surface area contributed by atoms with Crippen molar-refractivity contribution in [3.05, 3.63) is 28.3 Å². The molecule has 1 heterocycles. The van der Waals surface area contributed by atoms with Crippen molar-refractivity contribution in [1.29, 1.82) is 0 Å². The largest absolute Gasteiger partial charge is 0.490 e. The maximum Gasteiger partial charge on any atom is 0.303 e. The van der Waals surface area contributed by atoms with Crippen LogP contribution >= 0.6 is 0 Å². The van der Waals surface area contributed by atoms with Gasteiger partial charge < -0.3 is 14.7 Å². The standard InChI is InChI=1S/C12H12N2O6/c15-11(3-4-12(16)17)13-5-6-20-10-2-1-8(14(18)19)7-9(10)13/h1-2,7H,3-6H2,(H,16,17). The maximum absolute atomic E-state index is 12.0. The molecule has 1 aromatic rings. The van der Waals surface area contributed by atoms with Crippen molar-refractivity contribution in [3.63, 3.8) is 0 Å². The molecule has 8 heteroatoms. The fourth-order valence-corrected chi connectivity index (χ4v) is 1.93. The van der Waals surface area contributed by atoms with Gasteiger partial charge >= 0.3 is 5.97 Å². The van der Waals surface area contributed by atoms with E-state index in [9.17, 15) is 19.7 Å². The lowest BCUT2D eigenvalue weighted by Crippen LogP contribution is -2.38. The summed E-state index contributed by atoms with van der Waals surface area (Å²) < 4.78 is 5.33. The number of nitro groups is 1. The van der Waals surface area contributed by atoms with E-state index in [2.05, 4.69) is 0 Å². The number of aliphatic carboxylic acids is 1. The van der Waals surface area contributed by atoms with E-state index in [-0.39, 0.29) is 31.7 Å². The molecular weight excluding hydrogens is 268 g/mol. The molecule has 0 atom stereocenters. The number of carboxylic acid groups (broad SMARTS) is 1. The van der Waals surface area contributed by atoms with Gasteiger partial charge in [0.05, 0.1) is 23.6 Å². The van der Waals surface area contributed by atoms with E-state index in [4.69, 9.17) is 9.84 Å². The third-order valence-corrected chi connectivity index (χ3v) is 2.87. The minimum atomic E-state index is -1.06. The number of anilines is 1. The lowest BCUT2D eigenvalue weighted by atomic mass is 10.2. The van der Waals surface area contributed by atoms with Gasteiger partial charge in [0.25, 0.3) is 5.69 Å². The quantitative estimate of drug-likeness (QED) is 0.655. The zero-order valence-electron chi connectivity index (χ0n) is 10.4. The first kappa shape index (κ1) is 13.8. The molecule has 1 aromatic carbocycles. The number of ether oxygens (including phenoxy) is 1. The molecule has 20 heavy (non-hydrogen) atoms. The number of nitrogens with zero attached hydrogens (tertiary/aromatic N) is 2. The van der Waals surface area contributed by atoms with Gasteiger partial charge in [-0.1, -0.05) is 0 Å². The summed E-state index contributed by atoms with van der Waals surface area (Å²) in [7, 11) is 0. The van der Waals surface area contributed by atoms with E-state index in [1.54, 1.807) is 0 Å². The fraction of sp³-hybridized carbons (Fsp3) is 0.333. The Balaban J connectivity index is 2.26. The molecule has 0 fully saturated rings. The summed E-state index contributed by atoms with van der Waals surface area (Å²) >= 11 is 0. The van der Waals surface area contributed by atoms with Gasteiger partial charge in [-0.05, 0) is 6.07 Å². The van der Waals surface area contributed by atoms with Crippen LogP contribution in [0.2, 0.25) is 0 Å². The fourth-order valence-electron chi connectivity index (χ4n) is 1.93. The van der Waals surface area contributed by atoms with E-state index < -0.39 is 16.8 Å². The molecule has 1 N–H and O–H groups in total. The number of carbonyl (C=O) groups is 2. The zero-order chi connectivity index (χ0) is 14.7. The minimum Gasteiger partial charge on any atom is -0.490 e. The van der Waals surface area contributed by atoms with Crippen LogP contribution in [0.3, 0.4) is 0 Å². The van der Waals surface area contributed by atoms with Gasteiger partial charge in [0.1, 0.15) is 12.4 Å². The Kier molecular flexibility index (Phi) is 3.83. The van der Waals surface area contributed by atoms with E-state index in [1.165, 1.54) is 23.1 Å². The van der Waals surface area contributed by atoms with E-state index in [1.807, 2.05) is 0 Å². The molecule has 0 aliphatic carbocycles. The van der Waals surface area contributed by atoms with Crippen LogP contribution in [0, 0.1) is 10.1 Å². The molecule has 8 nitrogen and oxygen atoms in total. The number of carboxylic acids is 1. The van der Waals surface area contributed by atoms with Crippen molar-refractivity contribution in [2.24, 2.45) is 0 Å². The second-order valence-electron chi connectivity index (χ2n) is 4.20. The number of hydrogen-bond donors (Lipinski definition) is 1. The summed E-state index contributed by atoms with van der Waals surface area (Å²) in [5, 5.41) is 19.4. The van der Waals surface area contributed by atoms with Crippen LogP contribution in [-0.4, -0.2) is 35.1 Å². The Hall–Kier alpha value is -2.64. The Morgan fingerprint density at radius 1 is 1.40 bits per heavy atom. The van der Waals surface area contributed by atoms with Crippen LogP contribution in [0.5, 0.6) is 5.75 Å². The SMILES string of the molecule is O=C(O)CCC(=O)N1CCOc2ccc([N+](=O)[O-])cc21. The molecule has 1 aliphatic heterocycles. The first-order valence-corrected chi connectivity index (χ1v) is 5.92. The number of non-ortho nitro benzene ring substituents is 1. The molecule has 0 aromatic heterocycles. The van der Waals surface area contributed by atoms with Gasteiger partial charge in [-0.25, -0.2) is 0 Å².